The average molecular weight is 501 g/mol. The highest BCUT2D eigenvalue weighted by atomic mass is 19.1. The number of hydrogen-bond donors (Lipinski definition) is 1. The summed E-state index contributed by atoms with van der Waals surface area (Å²) in [5.41, 5.74) is 5.09. The van der Waals surface area contributed by atoms with Crippen LogP contribution in [0.25, 0.3) is 11.3 Å². The first kappa shape index (κ1) is 25.2. The number of halogens is 1. The van der Waals surface area contributed by atoms with Gasteiger partial charge in [0.1, 0.15) is 11.5 Å². The third-order valence-electron chi connectivity index (χ3n) is 7.96. The van der Waals surface area contributed by atoms with E-state index in [-0.39, 0.29) is 18.7 Å². The fourth-order valence-corrected chi connectivity index (χ4v) is 5.63. The van der Waals surface area contributed by atoms with Crippen molar-refractivity contribution in [3.63, 3.8) is 0 Å². The number of nitrogens with zero attached hydrogens (tertiary/aromatic N) is 3. The maximum atomic E-state index is 15.8. The molecule has 0 aliphatic carbocycles. The number of rotatable bonds is 4. The monoisotopic (exact) mass is 500 g/mol. The molecule has 192 valence electrons. The lowest BCUT2D eigenvalue weighted by Gasteiger charge is -2.37. The second-order valence-corrected chi connectivity index (χ2v) is 10.4. The molecule has 5 rings (SSSR count). The number of likely N-dealkylation sites (tertiary alicyclic amines) is 1. The number of imidazole rings is 1. The Bertz CT molecular complexity index is 1340. The molecule has 6 nitrogen and oxygen atoms in total. The number of benzene rings is 2. The minimum Gasteiger partial charge on any atom is -0.381 e. The minimum absolute atomic E-state index is 0.0672. The van der Waals surface area contributed by atoms with Crippen LogP contribution in [0.2, 0.25) is 0 Å². The number of piperidine rings is 1. The van der Waals surface area contributed by atoms with E-state index in [0.29, 0.717) is 35.7 Å². The van der Waals surface area contributed by atoms with Gasteiger partial charge in [0.2, 0.25) is 0 Å². The third kappa shape index (κ3) is 4.91. The molecule has 2 aliphatic heterocycles. The van der Waals surface area contributed by atoms with Crippen molar-refractivity contribution in [2.75, 3.05) is 26.3 Å². The van der Waals surface area contributed by atoms with Crippen LogP contribution >= 0.6 is 0 Å². The van der Waals surface area contributed by atoms with Crippen molar-refractivity contribution in [2.24, 2.45) is 0 Å². The first-order chi connectivity index (χ1) is 17.8. The number of aromatic nitrogens is 2. The summed E-state index contributed by atoms with van der Waals surface area (Å²) in [5, 5.41) is 9.02. The number of amides is 1. The average Bonchev–Trinajstić information content (AvgIpc) is 3.30. The predicted molar refractivity (Wildman–Crippen MR) is 140 cm³/mol. The molecule has 0 radical (unpaired) electrons. The van der Waals surface area contributed by atoms with Crippen LogP contribution in [0.4, 0.5) is 4.39 Å². The fourth-order valence-electron chi connectivity index (χ4n) is 5.63. The number of carbonyl (C=O) groups is 1. The van der Waals surface area contributed by atoms with Gasteiger partial charge in [0, 0.05) is 56.2 Å². The number of nitriles is 1. The zero-order valence-corrected chi connectivity index (χ0v) is 21.7. The van der Waals surface area contributed by atoms with Crippen molar-refractivity contribution in [1.29, 1.82) is 5.26 Å². The molecule has 37 heavy (non-hydrogen) atoms. The van der Waals surface area contributed by atoms with E-state index in [9.17, 15) is 4.79 Å². The molecular weight excluding hydrogens is 467 g/mol. The van der Waals surface area contributed by atoms with Gasteiger partial charge in [-0.25, -0.2) is 9.37 Å². The first-order valence-electron chi connectivity index (χ1n) is 13.0. The van der Waals surface area contributed by atoms with Crippen LogP contribution in [0, 0.1) is 32.1 Å². The summed E-state index contributed by atoms with van der Waals surface area (Å²) in [6, 6.07) is 12.8. The zero-order valence-electron chi connectivity index (χ0n) is 21.7. The highest BCUT2D eigenvalue weighted by Crippen LogP contribution is 2.38. The molecular formula is C30H33FN4O2. The van der Waals surface area contributed by atoms with Crippen LogP contribution in [0.5, 0.6) is 0 Å². The summed E-state index contributed by atoms with van der Waals surface area (Å²) in [7, 11) is 0. The molecule has 1 amide bonds. The molecule has 3 heterocycles. The van der Waals surface area contributed by atoms with Crippen LogP contribution in [-0.2, 0) is 10.4 Å². The quantitative estimate of drug-likeness (QED) is 0.486. The summed E-state index contributed by atoms with van der Waals surface area (Å²) in [6.45, 7) is 8.21. The van der Waals surface area contributed by atoms with Crippen LogP contribution < -0.4 is 0 Å². The second kappa shape index (κ2) is 10.1. The van der Waals surface area contributed by atoms with Crippen molar-refractivity contribution in [1.82, 2.24) is 14.9 Å². The zero-order chi connectivity index (χ0) is 26.2. The van der Waals surface area contributed by atoms with Gasteiger partial charge in [-0.2, -0.15) is 5.26 Å². The molecule has 2 saturated heterocycles. The van der Waals surface area contributed by atoms with Crippen molar-refractivity contribution < 1.29 is 13.9 Å². The van der Waals surface area contributed by atoms with Gasteiger partial charge >= 0.3 is 0 Å². The number of aromatic amines is 1. The number of nitrogens with one attached hydrogen (secondary N) is 1. The molecule has 2 fully saturated rings. The highest BCUT2D eigenvalue weighted by Gasteiger charge is 2.38. The first-order valence-corrected chi connectivity index (χ1v) is 13.0. The van der Waals surface area contributed by atoms with Gasteiger partial charge in [-0.3, -0.25) is 4.79 Å². The number of carbonyl (C=O) groups excluding carboxylic acids is 1. The van der Waals surface area contributed by atoms with E-state index in [1.165, 1.54) is 0 Å². The number of hydrogen-bond acceptors (Lipinski definition) is 4. The van der Waals surface area contributed by atoms with E-state index in [4.69, 9.17) is 15.0 Å². The summed E-state index contributed by atoms with van der Waals surface area (Å²) in [6.07, 6.45) is 2.38. The van der Waals surface area contributed by atoms with Crippen LogP contribution in [-0.4, -0.2) is 47.1 Å². The summed E-state index contributed by atoms with van der Waals surface area (Å²) in [5.74, 6) is 1.28. The van der Waals surface area contributed by atoms with Crippen molar-refractivity contribution in [2.45, 2.75) is 58.0 Å². The van der Waals surface area contributed by atoms with E-state index >= 15 is 4.39 Å². The molecule has 0 saturated carbocycles. The smallest absolute Gasteiger partial charge is 0.254 e. The number of H-pyrrole nitrogens is 1. The normalized spacial score (nSPS) is 18.0. The number of alkyl halides is 1. The standard InChI is InChI=1S/C30H33FN4O2/c1-19-16-20(2)26(17-25(19)27-21(3)33-28(34-27)23-8-14-37-15-9-23)29(36)35-12-10-30(31,11-13-35)24-6-4-22(18-32)5-7-24/h4-7,16-17,23H,8-15H2,1-3H3,(H,33,34). The van der Waals surface area contributed by atoms with E-state index in [0.717, 1.165) is 60.0 Å². The van der Waals surface area contributed by atoms with Crippen LogP contribution in [0.1, 0.15) is 75.7 Å². The van der Waals surface area contributed by atoms with Gasteiger partial charge in [0.05, 0.1) is 23.0 Å². The number of aryl methyl sites for hydroxylation is 3. The van der Waals surface area contributed by atoms with E-state index in [1.54, 1.807) is 29.2 Å². The largest absolute Gasteiger partial charge is 0.381 e. The summed E-state index contributed by atoms with van der Waals surface area (Å²) in [4.78, 5) is 23.7. The maximum Gasteiger partial charge on any atom is 0.254 e. The molecule has 2 aromatic carbocycles. The Morgan fingerprint density at radius 3 is 2.43 bits per heavy atom. The van der Waals surface area contributed by atoms with E-state index < -0.39 is 5.67 Å². The highest BCUT2D eigenvalue weighted by molar-refractivity contribution is 5.97. The van der Waals surface area contributed by atoms with Crippen LogP contribution in [0.3, 0.4) is 0 Å². The Hall–Kier alpha value is -3.50. The van der Waals surface area contributed by atoms with Gasteiger partial charge in [-0.15, -0.1) is 0 Å². The lowest BCUT2D eigenvalue weighted by molar-refractivity contribution is 0.0421. The van der Waals surface area contributed by atoms with Gasteiger partial charge in [0.25, 0.3) is 5.91 Å². The van der Waals surface area contributed by atoms with Gasteiger partial charge < -0.3 is 14.6 Å². The minimum atomic E-state index is -1.49. The molecule has 2 aliphatic rings. The topological polar surface area (TPSA) is 82.0 Å². The SMILES string of the molecule is Cc1cc(C)c(-c2[nH]c(C3CCOCC3)nc2C)cc1C(=O)N1CCC(F)(c2ccc(C#N)cc2)CC1. The summed E-state index contributed by atoms with van der Waals surface area (Å²) < 4.78 is 21.3. The Morgan fingerprint density at radius 1 is 1.11 bits per heavy atom. The maximum absolute atomic E-state index is 15.8. The lowest BCUT2D eigenvalue weighted by Crippen LogP contribution is -2.43. The van der Waals surface area contributed by atoms with E-state index in [1.807, 2.05) is 19.9 Å². The Kier molecular flexibility index (Phi) is 6.87. The van der Waals surface area contributed by atoms with Crippen molar-refractivity contribution >= 4 is 5.91 Å². The van der Waals surface area contributed by atoms with Gasteiger partial charge in [-0.1, -0.05) is 18.2 Å². The molecule has 1 aromatic heterocycles. The second-order valence-electron chi connectivity index (χ2n) is 10.4. The van der Waals surface area contributed by atoms with Crippen molar-refractivity contribution in [3.8, 4) is 17.3 Å². The molecule has 7 heteroatoms. The fraction of sp³-hybridized carbons (Fsp3) is 0.433. The Morgan fingerprint density at radius 2 is 1.78 bits per heavy atom. The van der Waals surface area contributed by atoms with Gasteiger partial charge in [0.15, 0.2) is 0 Å². The predicted octanol–water partition coefficient (Wildman–Crippen LogP) is 5.87. The van der Waals surface area contributed by atoms with Crippen LogP contribution in [0.15, 0.2) is 36.4 Å². The Labute approximate surface area is 217 Å². The molecule has 1 N–H and O–H groups in total. The molecule has 0 spiro atoms. The number of ether oxygens (including phenoxy) is 1. The molecule has 0 atom stereocenters. The Balaban J connectivity index is 1.36. The molecule has 0 unspecified atom stereocenters. The van der Waals surface area contributed by atoms with E-state index in [2.05, 4.69) is 24.0 Å². The lowest BCUT2D eigenvalue weighted by atomic mass is 9.85. The van der Waals surface area contributed by atoms with Crippen molar-refractivity contribution in [3.05, 3.63) is 75.7 Å². The summed E-state index contributed by atoms with van der Waals surface area (Å²) >= 11 is 0. The van der Waals surface area contributed by atoms with Gasteiger partial charge in [-0.05, 0) is 68.5 Å². The third-order valence-corrected chi connectivity index (χ3v) is 7.96. The molecule has 0 bridgehead atoms. The molecule has 3 aromatic rings.